The van der Waals surface area contributed by atoms with Gasteiger partial charge < -0.3 is 16.0 Å². The molecule has 4 aromatic rings. The fraction of sp³-hybridized carbons (Fsp3) is 0.217. The number of fused-ring (bicyclic) bond motifs is 1. The summed E-state index contributed by atoms with van der Waals surface area (Å²) < 4.78 is 1.83. The van der Waals surface area contributed by atoms with Gasteiger partial charge in [0.15, 0.2) is 5.65 Å². The monoisotopic (exact) mass is 474 g/mol. The summed E-state index contributed by atoms with van der Waals surface area (Å²) in [5.74, 6) is 0.426. The number of nitrogens with zero attached hydrogens (tertiary/aromatic N) is 6. The fourth-order valence-corrected chi connectivity index (χ4v) is 4.99. The Balaban J connectivity index is 1.50. The number of piperidine rings is 1. The molecule has 34 heavy (non-hydrogen) atoms. The Labute approximate surface area is 199 Å². The summed E-state index contributed by atoms with van der Waals surface area (Å²) in [4.78, 5) is 40.2. The van der Waals surface area contributed by atoms with Crippen molar-refractivity contribution < 1.29 is 9.59 Å². The summed E-state index contributed by atoms with van der Waals surface area (Å²) in [7, 11) is 0. The lowest BCUT2D eigenvalue weighted by Gasteiger charge is -2.32. The molecular weight excluding hydrogens is 452 g/mol. The van der Waals surface area contributed by atoms with E-state index >= 15 is 0 Å². The summed E-state index contributed by atoms with van der Waals surface area (Å²) in [6.07, 6.45) is 6.06. The van der Waals surface area contributed by atoms with Crippen LogP contribution in [0.4, 0.5) is 11.6 Å². The molecule has 10 nitrogen and oxygen atoms in total. The second kappa shape index (κ2) is 9.02. The Morgan fingerprint density at radius 3 is 2.94 bits per heavy atom. The van der Waals surface area contributed by atoms with E-state index in [0.29, 0.717) is 47.0 Å². The number of thiophene rings is 1. The summed E-state index contributed by atoms with van der Waals surface area (Å²) in [5, 5.41) is 10.0. The third-order valence-electron chi connectivity index (χ3n) is 5.75. The molecule has 1 aliphatic heterocycles. The van der Waals surface area contributed by atoms with Gasteiger partial charge in [-0.3, -0.25) is 9.59 Å². The first-order valence-electron chi connectivity index (χ1n) is 10.8. The Bertz CT molecular complexity index is 1380. The van der Waals surface area contributed by atoms with Crippen LogP contribution >= 0.6 is 11.3 Å². The van der Waals surface area contributed by atoms with Crippen molar-refractivity contribution in [3.63, 3.8) is 0 Å². The maximum atomic E-state index is 12.7. The molecule has 3 N–H and O–H groups in total. The van der Waals surface area contributed by atoms with Crippen molar-refractivity contribution in [3.05, 3.63) is 60.4 Å². The molecule has 1 aliphatic rings. The number of likely N-dealkylation sites (tertiary alicyclic amines) is 1. The summed E-state index contributed by atoms with van der Waals surface area (Å²) in [5.41, 5.74) is 7.95. The molecule has 11 heteroatoms. The molecule has 2 amide bonds. The van der Waals surface area contributed by atoms with Crippen molar-refractivity contribution in [2.75, 3.05) is 24.1 Å². The minimum atomic E-state index is -0.264. The molecule has 172 valence electrons. The van der Waals surface area contributed by atoms with E-state index in [1.807, 2.05) is 4.68 Å². The van der Waals surface area contributed by atoms with Crippen LogP contribution in [0.2, 0.25) is 0 Å². The largest absolute Gasteiger partial charge is 0.383 e. The van der Waals surface area contributed by atoms with E-state index < -0.39 is 0 Å². The first-order chi connectivity index (χ1) is 16.5. The van der Waals surface area contributed by atoms with Gasteiger partial charge in [0.25, 0.3) is 5.91 Å². The van der Waals surface area contributed by atoms with Crippen LogP contribution in [0, 0.1) is 0 Å². The van der Waals surface area contributed by atoms with Crippen molar-refractivity contribution >= 4 is 45.8 Å². The van der Waals surface area contributed by atoms with Crippen LogP contribution in [0.25, 0.3) is 21.6 Å². The Morgan fingerprint density at radius 2 is 2.15 bits per heavy atom. The second-order valence-corrected chi connectivity index (χ2v) is 8.82. The van der Waals surface area contributed by atoms with Crippen LogP contribution in [0.1, 0.15) is 29.2 Å². The first-order valence-corrected chi connectivity index (χ1v) is 11.6. The van der Waals surface area contributed by atoms with Gasteiger partial charge in [0, 0.05) is 24.7 Å². The first kappa shape index (κ1) is 21.7. The molecular formula is C23H22N8O2S. The van der Waals surface area contributed by atoms with Crippen LogP contribution in [0.3, 0.4) is 0 Å². The van der Waals surface area contributed by atoms with Gasteiger partial charge in [-0.1, -0.05) is 12.6 Å². The average Bonchev–Trinajstić information content (AvgIpc) is 3.50. The predicted octanol–water partition coefficient (Wildman–Crippen LogP) is 3.13. The normalized spacial score (nSPS) is 15.9. The molecule has 0 spiro atoms. The van der Waals surface area contributed by atoms with Crippen molar-refractivity contribution in [1.82, 2.24) is 29.6 Å². The zero-order valence-electron chi connectivity index (χ0n) is 18.2. The number of nitrogen functional groups attached to an aromatic ring is 1. The van der Waals surface area contributed by atoms with Crippen molar-refractivity contribution in [3.8, 4) is 10.6 Å². The standard InChI is InChI=1S/C23H22N8O2S/c1-2-18(32)30-9-5-6-15(11-30)31-22-19(21(24)26-13-27-22)20(29-31)16-10-14(12-34-16)23(33)28-17-7-3-4-8-25-17/h2-4,7-8,10,12-13,15H,1,5-6,9,11H2,(H2,24,26,27)(H,25,28,33). The van der Waals surface area contributed by atoms with E-state index in [1.54, 1.807) is 40.7 Å². The maximum Gasteiger partial charge on any atom is 0.257 e. The summed E-state index contributed by atoms with van der Waals surface area (Å²) >= 11 is 1.39. The van der Waals surface area contributed by atoms with E-state index in [2.05, 4.69) is 26.8 Å². The number of nitrogens with two attached hydrogens (primary N) is 1. The highest BCUT2D eigenvalue weighted by atomic mass is 32.1. The highest BCUT2D eigenvalue weighted by Gasteiger charge is 2.28. The van der Waals surface area contributed by atoms with E-state index in [-0.39, 0.29) is 17.9 Å². The summed E-state index contributed by atoms with van der Waals surface area (Å²) in [6.45, 7) is 4.79. The minimum Gasteiger partial charge on any atom is -0.383 e. The number of pyridine rings is 1. The van der Waals surface area contributed by atoms with Crippen LogP contribution in [-0.2, 0) is 4.79 Å². The van der Waals surface area contributed by atoms with Gasteiger partial charge in [-0.2, -0.15) is 5.10 Å². The van der Waals surface area contributed by atoms with Crippen LogP contribution in [0.5, 0.6) is 0 Å². The molecule has 0 aliphatic carbocycles. The third-order valence-corrected chi connectivity index (χ3v) is 6.69. The minimum absolute atomic E-state index is 0.0601. The topological polar surface area (TPSA) is 132 Å². The quantitative estimate of drug-likeness (QED) is 0.425. The highest BCUT2D eigenvalue weighted by Crippen LogP contribution is 2.36. The number of rotatable bonds is 5. The maximum absolute atomic E-state index is 12.7. The van der Waals surface area contributed by atoms with Crippen LogP contribution in [-0.4, -0.2) is 54.5 Å². The number of aromatic nitrogens is 5. The molecule has 1 atom stereocenters. The lowest BCUT2D eigenvalue weighted by atomic mass is 10.1. The van der Waals surface area contributed by atoms with Gasteiger partial charge in [0.05, 0.1) is 21.9 Å². The smallest absolute Gasteiger partial charge is 0.257 e. The van der Waals surface area contributed by atoms with Crippen molar-refractivity contribution in [2.24, 2.45) is 0 Å². The average molecular weight is 475 g/mol. The van der Waals surface area contributed by atoms with Gasteiger partial charge in [0.2, 0.25) is 5.91 Å². The van der Waals surface area contributed by atoms with E-state index in [4.69, 9.17) is 10.8 Å². The predicted molar refractivity (Wildman–Crippen MR) is 130 cm³/mol. The number of amides is 2. The SMILES string of the molecule is C=CC(=O)N1CCCC(n2nc(-c3cc(C(=O)Nc4ccccn4)cs3)c3c(N)ncnc32)C1. The van der Waals surface area contributed by atoms with E-state index in [9.17, 15) is 9.59 Å². The molecule has 4 aromatic heterocycles. The number of hydrogen-bond acceptors (Lipinski definition) is 8. The Kier molecular flexibility index (Phi) is 5.76. The lowest BCUT2D eigenvalue weighted by Crippen LogP contribution is -2.40. The van der Waals surface area contributed by atoms with Gasteiger partial charge in [0.1, 0.15) is 23.7 Å². The number of carbonyl (C=O) groups excluding carboxylic acids is 2. The molecule has 1 unspecified atom stereocenters. The molecule has 1 saturated heterocycles. The number of nitrogens with one attached hydrogen (secondary N) is 1. The van der Waals surface area contributed by atoms with Gasteiger partial charge >= 0.3 is 0 Å². The summed E-state index contributed by atoms with van der Waals surface area (Å²) in [6, 6.07) is 7.03. The number of hydrogen-bond donors (Lipinski definition) is 2. The molecule has 1 fully saturated rings. The second-order valence-electron chi connectivity index (χ2n) is 7.90. The third kappa shape index (κ3) is 4.01. The Hall–Kier alpha value is -4.12. The molecule has 5 heterocycles. The molecule has 0 bridgehead atoms. The van der Waals surface area contributed by atoms with Crippen LogP contribution < -0.4 is 11.1 Å². The molecule has 0 radical (unpaired) electrons. The molecule has 5 rings (SSSR count). The zero-order valence-corrected chi connectivity index (χ0v) is 19.0. The fourth-order valence-electron chi connectivity index (χ4n) is 4.11. The van der Waals surface area contributed by atoms with Crippen molar-refractivity contribution in [1.29, 1.82) is 0 Å². The molecule has 0 saturated carbocycles. The number of anilines is 2. The number of carbonyl (C=O) groups is 2. The lowest BCUT2D eigenvalue weighted by molar-refractivity contribution is -0.127. The van der Waals surface area contributed by atoms with Gasteiger partial charge in [-0.05, 0) is 37.1 Å². The Morgan fingerprint density at radius 1 is 1.26 bits per heavy atom. The van der Waals surface area contributed by atoms with E-state index in [1.165, 1.54) is 23.7 Å². The van der Waals surface area contributed by atoms with Crippen LogP contribution in [0.15, 0.2) is 54.8 Å². The van der Waals surface area contributed by atoms with Gasteiger partial charge in [-0.15, -0.1) is 11.3 Å². The molecule has 0 aromatic carbocycles. The van der Waals surface area contributed by atoms with Crippen molar-refractivity contribution in [2.45, 2.75) is 18.9 Å². The highest BCUT2D eigenvalue weighted by molar-refractivity contribution is 7.14. The van der Waals surface area contributed by atoms with E-state index in [0.717, 1.165) is 17.7 Å². The van der Waals surface area contributed by atoms with Gasteiger partial charge in [-0.25, -0.2) is 19.6 Å². The zero-order chi connectivity index (χ0) is 23.7.